The molecule has 1 amide bonds. The third-order valence-electron chi connectivity index (χ3n) is 5.31. The molecule has 0 radical (unpaired) electrons. The van der Waals surface area contributed by atoms with E-state index in [4.69, 9.17) is 0 Å². The van der Waals surface area contributed by atoms with Gasteiger partial charge in [-0.2, -0.15) is 0 Å². The fraction of sp³-hybridized carbons (Fsp3) is 0.650. The molecule has 3 N–H and O–H groups in total. The number of phenolic OH excluding ortho intramolecular Hbond substituents is 1. The maximum Gasteiger partial charge on any atom is 0.252 e. The Bertz CT molecular complexity index is 540. The quantitative estimate of drug-likeness (QED) is 0.700. The number of aryl methyl sites for hydroxylation is 1. The van der Waals surface area contributed by atoms with E-state index in [1.807, 2.05) is 12.1 Å². The predicted molar refractivity (Wildman–Crippen MR) is 95.7 cm³/mol. The van der Waals surface area contributed by atoms with Crippen LogP contribution in [0.5, 0.6) is 5.75 Å². The van der Waals surface area contributed by atoms with Crippen molar-refractivity contribution in [2.75, 3.05) is 6.54 Å². The lowest BCUT2D eigenvalue weighted by Gasteiger charge is -2.43. The molecular weight excluding hydrogens is 302 g/mol. The lowest BCUT2D eigenvalue weighted by molar-refractivity contribution is -0.155. The van der Waals surface area contributed by atoms with E-state index in [2.05, 4.69) is 26.1 Å². The molecule has 4 nitrogen and oxygen atoms in total. The minimum Gasteiger partial charge on any atom is -0.508 e. The fourth-order valence-electron chi connectivity index (χ4n) is 3.94. The second kappa shape index (κ2) is 8.02. The molecule has 24 heavy (non-hydrogen) atoms. The van der Waals surface area contributed by atoms with Gasteiger partial charge >= 0.3 is 0 Å². The molecule has 0 heterocycles. The first-order valence-electron chi connectivity index (χ1n) is 9.11. The van der Waals surface area contributed by atoms with Crippen LogP contribution >= 0.6 is 0 Å². The Balaban J connectivity index is 1.86. The smallest absolute Gasteiger partial charge is 0.252 e. The molecule has 1 aromatic carbocycles. The Kier molecular flexibility index (Phi) is 6.27. The van der Waals surface area contributed by atoms with Crippen LogP contribution in [0.15, 0.2) is 24.3 Å². The topological polar surface area (TPSA) is 69.6 Å². The van der Waals surface area contributed by atoms with E-state index in [-0.39, 0.29) is 17.6 Å². The number of carbonyl (C=O) groups is 1. The van der Waals surface area contributed by atoms with Crippen LogP contribution in [0.3, 0.4) is 0 Å². The van der Waals surface area contributed by atoms with E-state index in [1.165, 1.54) is 0 Å². The van der Waals surface area contributed by atoms with Crippen molar-refractivity contribution in [2.24, 2.45) is 17.8 Å². The van der Waals surface area contributed by atoms with Gasteiger partial charge in [0.1, 0.15) is 11.4 Å². The van der Waals surface area contributed by atoms with Gasteiger partial charge in [-0.1, -0.05) is 39.3 Å². The molecule has 1 aromatic rings. The van der Waals surface area contributed by atoms with Gasteiger partial charge < -0.3 is 15.5 Å². The van der Waals surface area contributed by atoms with Crippen molar-refractivity contribution in [1.29, 1.82) is 0 Å². The number of benzene rings is 1. The molecule has 0 spiro atoms. The summed E-state index contributed by atoms with van der Waals surface area (Å²) in [5, 5.41) is 23.3. The van der Waals surface area contributed by atoms with Crippen molar-refractivity contribution in [3.63, 3.8) is 0 Å². The van der Waals surface area contributed by atoms with E-state index in [0.717, 1.165) is 31.2 Å². The summed E-state index contributed by atoms with van der Waals surface area (Å²) in [6.07, 6.45) is 4.20. The van der Waals surface area contributed by atoms with Gasteiger partial charge in [0.25, 0.3) is 5.91 Å². The highest BCUT2D eigenvalue weighted by Gasteiger charge is 2.48. The molecule has 2 unspecified atom stereocenters. The molecule has 1 fully saturated rings. The zero-order chi connectivity index (χ0) is 17.7. The van der Waals surface area contributed by atoms with Crippen LogP contribution in [-0.4, -0.2) is 28.3 Å². The van der Waals surface area contributed by atoms with Gasteiger partial charge in [-0.3, -0.25) is 4.79 Å². The highest BCUT2D eigenvalue weighted by Crippen LogP contribution is 2.41. The minimum absolute atomic E-state index is 0.0331. The van der Waals surface area contributed by atoms with E-state index >= 15 is 0 Å². The first kappa shape index (κ1) is 18.8. The summed E-state index contributed by atoms with van der Waals surface area (Å²) in [5.74, 6) is 0.766. The van der Waals surface area contributed by atoms with Crippen LogP contribution in [0.2, 0.25) is 0 Å². The molecule has 134 valence electrons. The SMILES string of the molecule is CC1CCC(C(C)C)[C@@](O)(C(=O)NCCCc2ccc(O)cc2)C1. The Morgan fingerprint density at radius 3 is 2.58 bits per heavy atom. The molecule has 0 aliphatic heterocycles. The van der Waals surface area contributed by atoms with Crippen molar-refractivity contribution in [2.45, 2.75) is 58.5 Å². The van der Waals surface area contributed by atoms with Gasteiger partial charge in [0, 0.05) is 6.54 Å². The molecule has 0 saturated heterocycles. The lowest BCUT2D eigenvalue weighted by Crippen LogP contribution is -2.56. The van der Waals surface area contributed by atoms with Crippen molar-refractivity contribution in [1.82, 2.24) is 5.32 Å². The predicted octanol–water partition coefficient (Wildman–Crippen LogP) is 3.26. The van der Waals surface area contributed by atoms with Gasteiger partial charge in [-0.05, 0) is 61.1 Å². The Morgan fingerprint density at radius 1 is 1.29 bits per heavy atom. The normalized spacial score (nSPS) is 27.2. The third-order valence-corrected chi connectivity index (χ3v) is 5.31. The summed E-state index contributed by atoms with van der Waals surface area (Å²) >= 11 is 0. The molecule has 1 saturated carbocycles. The molecule has 3 atom stereocenters. The van der Waals surface area contributed by atoms with Gasteiger partial charge in [0.15, 0.2) is 0 Å². The van der Waals surface area contributed by atoms with Crippen molar-refractivity contribution >= 4 is 5.91 Å². The second-order valence-corrected chi connectivity index (χ2v) is 7.69. The van der Waals surface area contributed by atoms with Crippen molar-refractivity contribution in [3.05, 3.63) is 29.8 Å². The van der Waals surface area contributed by atoms with E-state index in [9.17, 15) is 15.0 Å². The van der Waals surface area contributed by atoms with Crippen LogP contribution in [0, 0.1) is 17.8 Å². The Hall–Kier alpha value is -1.55. The number of rotatable bonds is 6. The summed E-state index contributed by atoms with van der Waals surface area (Å²) < 4.78 is 0. The molecule has 1 aliphatic carbocycles. The van der Waals surface area contributed by atoms with Crippen LogP contribution < -0.4 is 5.32 Å². The number of nitrogens with one attached hydrogen (secondary N) is 1. The number of hydrogen-bond donors (Lipinski definition) is 3. The largest absolute Gasteiger partial charge is 0.508 e. The second-order valence-electron chi connectivity index (χ2n) is 7.69. The average molecular weight is 333 g/mol. The van der Waals surface area contributed by atoms with Gasteiger partial charge in [0.2, 0.25) is 0 Å². The summed E-state index contributed by atoms with van der Waals surface area (Å²) in [4.78, 5) is 12.6. The number of phenols is 1. The molecule has 2 rings (SSSR count). The highest BCUT2D eigenvalue weighted by molar-refractivity contribution is 5.85. The van der Waals surface area contributed by atoms with E-state index in [1.54, 1.807) is 12.1 Å². The number of aliphatic hydroxyl groups is 1. The van der Waals surface area contributed by atoms with Crippen molar-refractivity contribution in [3.8, 4) is 5.75 Å². The Labute approximate surface area is 145 Å². The summed E-state index contributed by atoms with van der Waals surface area (Å²) in [6.45, 7) is 6.84. The lowest BCUT2D eigenvalue weighted by atomic mass is 9.66. The zero-order valence-electron chi connectivity index (χ0n) is 15.1. The Morgan fingerprint density at radius 2 is 1.96 bits per heavy atom. The van der Waals surface area contributed by atoms with Crippen molar-refractivity contribution < 1.29 is 15.0 Å². The monoisotopic (exact) mass is 333 g/mol. The molecule has 1 aliphatic rings. The number of carbonyl (C=O) groups excluding carboxylic acids is 1. The van der Waals surface area contributed by atoms with Gasteiger partial charge in [-0.15, -0.1) is 0 Å². The maximum absolute atomic E-state index is 12.6. The van der Waals surface area contributed by atoms with Crippen LogP contribution in [0.1, 0.15) is 52.0 Å². The fourth-order valence-corrected chi connectivity index (χ4v) is 3.94. The zero-order valence-corrected chi connectivity index (χ0v) is 15.1. The molecule has 0 aromatic heterocycles. The maximum atomic E-state index is 12.6. The molecule has 4 heteroatoms. The molecule has 0 bridgehead atoms. The number of aromatic hydroxyl groups is 1. The minimum atomic E-state index is -1.23. The summed E-state index contributed by atoms with van der Waals surface area (Å²) in [5.41, 5.74) is -0.100. The standard InChI is InChI=1S/C20H31NO3/c1-14(2)18-11-6-15(3)13-20(18,24)19(23)21-12-4-5-16-7-9-17(22)10-8-16/h7-10,14-15,18,22,24H,4-6,11-13H2,1-3H3,(H,21,23)/t15?,18?,20-/m1/s1. The third kappa shape index (κ3) is 4.50. The molecular formula is C20H31NO3. The van der Waals surface area contributed by atoms with E-state index in [0.29, 0.717) is 24.8 Å². The van der Waals surface area contributed by atoms with Crippen LogP contribution in [0.4, 0.5) is 0 Å². The van der Waals surface area contributed by atoms with Crippen LogP contribution in [-0.2, 0) is 11.2 Å². The van der Waals surface area contributed by atoms with Crippen LogP contribution in [0.25, 0.3) is 0 Å². The van der Waals surface area contributed by atoms with E-state index < -0.39 is 5.60 Å². The number of amides is 1. The first-order valence-corrected chi connectivity index (χ1v) is 9.11. The highest BCUT2D eigenvalue weighted by atomic mass is 16.3. The summed E-state index contributed by atoms with van der Waals surface area (Å²) in [6, 6.07) is 7.13. The van der Waals surface area contributed by atoms with Gasteiger partial charge in [-0.25, -0.2) is 0 Å². The summed E-state index contributed by atoms with van der Waals surface area (Å²) in [7, 11) is 0. The van der Waals surface area contributed by atoms with Gasteiger partial charge in [0.05, 0.1) is 0 Å². The number of hydrogen-bond acceptors (Lipinski definition) is 3. The first-order chi connectivity index (χ1) is 11.3. The average Bonchev–Trinajstić information content (AvgIpc) is 2.52.